The van der Waals surface area contributed by atoms with E-state index < -0.39 is 14.6 Å². The molecule has 1 aromatic rings. The molecule has 0 aliphatic rings. The second-order valence-corrected chi connectivity index (χ2v) is 8.13. The topological polar surface area (TPSA) is 46.2 Å². The molecule has 0 amide bonds. The Kier molecular flexibility index (Phi) is 4.37. The minimum atomic E-state index is -3.15. The van der Waals surface area contributed by atoms with Gasteiger partial charge in [0, 0.05) is 17.8 Å². The first-order valence-electron chi connectivity index (χ1n) is 5.86. The van der Waals surface area contributed by atoms with Crippen LogP contribution in [0.3, 0.4) is 0 Å². The van der Waals surface area contributed by atoms with Gasteiger partial charge < -0.3 is 5.32 Å². The number of benzene rings is 1. The first kappa shape index (κ1) is 15.0. The molecule has 0 aromatic heterocycles. The molecule has 0 radical (unpaired) electrons. The third-order valence-corrected chi connectivity index (χ3v) is 5.49. The molecular formula is C13H20FNO2S. The van der Waals surface area contributed by atoms with E-state index in [-0.39, 0.29) is 18.1 Å². The van der Waals surface area contributed by atoms with E-state index in [9.17, 15) is 12.8 Å². The van der Waals surface area contributed by atoms with Crippen LogP contribution in [0.5, 0.6) is 0 Å². The molecule has 102 valence electrons. The van der Waals surface area contributed by atoms with E-state index in [0.717, 1.165) is 0 Å². The first-order valence-corrected chi connectivity index (χ1v) is 7.51. The summed E-state index contributed by atoms with van der Waals surface area (Å²) in [5.74, 6) is -0.259. The molecule has 18 heavy (non-hydrogen) atoms. The molecular weight excluding hydrogens is 253 g/mol. The summed E-state index contributed by atoms with van der Waals surface area (Å²) in [7, 11) is -3.15. The van der Waals surface area contributed by atoms with Crippen molar-refractivity contribution in [1.82, 2.24) is 0 Å². The van der Waals surface area contributed by atoms with Gasteiger partial charge in [-0.05, 0) is 39.8 Å². The molecule has 0 saturated carbocycles. The van der Waals surface area contributed by atoms with Crippen LogP contribution < -0.4 is 5.32 Å². The highest BCUT2D eigenvalue weighted by atomic mass is 32.2. The van der Waals surface area contributed by atoms with E-state index in [0.29, 0.717) is 11.3 Å². The van der Waals surface area contributed by atoms with E-state index >= 15 is 0 Å². The Balaban J connectivity index is 2.66. The largest absolute Gasteiger partial charge is 0.384 e. The van der Waals surface area contributed by atoms with E-state index in [1.54, 1.807) is 39.8 Å². The molecule has 1 rings (SSSR count). The number of halogens is 1. The molecule has 3 nitrogen and oxygen atoms in total. The van der Waals surface area contributed by atoms with Crippen LogP contribution in [-0.4, -0.2) is 25.5 Å². The number of rotatable bonds is 4. The average molecular weight is 273 g/mol. The Labute approximate surface area is 108 Å². The van der Waals surface area contributed by atoms with Crippen LogP contribution in [0, 0.1) is 12.7 Å². The lowest BCUT2D eigenvalue weighted by Gasteiger charge is -2.19. The lowest BCUT2D eigenvalue weighted by atomic mass is 10.2. The zero-order valence-electron chi connectivity index (χ0n) is 11.2. The summed E-state index contributed by atoms with van der Waals surface area (Å²) in [6.45, 7) is 6.97. The van der Waals surface area contributed by atoms with E-state index in [1.807, 2.05) is 0 Å². The molecule has 1 aromatic carbocycles. The Hall–Kier alpha value is -1.10. The summed E-state index contributed by atoms with van der Waals surface area (Å²) in [6, 6.07) is 4.72. The average Bonchev–Trinajstić information content (AvgIpc) is 2.22. The minimum absolute atomic E-state index is 0.0342. The molecule has 0 spiro atoms. The molecule has 0 bridgehead atoms. The molecule has 5 heteroatoms. The highest BCUT2D eigenvalue weighted by molar-refractivity contribution is 7.92. The predicted molar refractivity (Wildman–Crippen MR) is 73.2 cm³/mol. The minimum Gasteiger partial charge on any atom is -0.384 e. The van der Waals surface area contributed by atoms with Crippen LogP contribution in [0.1, 0.15) is 26.3 Å². The summed E-state index contributed by atoms with van der Waals surface area (Å²) >= 11 is 0. The maximum atomic E-state index is 13.3. The summed E-state index contributed by atoms with van der Waals surface area (Å²) in [6.07, 6.45) is 0. The quantitative estimate of drug-likeness (QED) is 0.917. The Bertz CT molecular complexity index is 518. The number of sulfone groups is 1. The molecule has 1 N–H and O–H groups in total. The van der Waals surface area contributed by atoms with Crippen molar-refractivity contribution in [3.63, 3.8) is 0 Å². The van der Waals surface area contributed by atoms with Gasteiger partial charge in [0.25, 0.3) is 0 Å². The van der Waals surface area contributed by atoms with Gasteiger partial charge in [0.05, 0.1) is 10.5 Å². The second kappa shape index (κ2) is 5.26. The van der Waals surface area contributed by atoms with Crippen molar-refractivity contribution in [3.8, 4) is 0 Å². The number of hydrogen-bond acceptors (Lipinski definition) is 3. The van der Waals surface area contributed by atoms with Gasteiger partial charge in [-0.1, -0.05) is 6.07 Å². The Morgan fingerprint density at radius 3 is 2.44 bits per heavy atom. The van der Waals surface area contributed by atoms with Gasteiger partial charge in [0.15, 0.2) is 9.84 Å². The standard InChI is InChI=1S/C13H20FNO2S/c1-10-11(14)6-5-7-12(10)15-8-9-18(16,17)13(2,3)4/h5-7,15H,8-9H2,1-4H3. The smallest absolute Gasteiger partial charge is 0.156 e. The molecule has 0 aliphatic carbocycles. The Morgan fingerprint density at radius 2 is 1.89 bits per heavy atom. The van der Waals surface area contributed by atoms with Crippen molar-refractivity contribution in [2.24, 2.45) is 0 Å². The van der Waals surface area contributed by atoms with Crippen molar-refractivity contribution in [2.75, 3.05) is 17.6 Å². The van der Waals surface area contributed by atoms with Gasteiger partial charge in [0.2, 0.25) is 0 Å². The SMILES string of the molecule is Cc1c(F)cccc1NCCS(=O)(=O)C(C)(C)C. The van der Waals surface area contributed by atoms with Crippen LogP contribution in [0.2, 0.25) is 0 Å². The predicted octanol–water partition coefficient (Wildman–Crippen LogP) is 2.76. The number of hydrogen-bond donors (Lipinski definition) is 1. The normalized spacial score (nSPS) is 12.5. The zero-order valence-corrected chi connectivity index (χ0v) is 12.1. The number of nitrogens with one attached hydrogen (secondary N) is 1. The monoisotopic (exact) mass is 273 g/mol. The van der Waals surface area contributed by atoms with Gasteiger partial charge >= 0.3 is 0 Å². The van der Waals surface area contributed by atoms with Crippen molar-refractivity contribution < 1.29 is 12.8 Å². The third-order valence-electron chi connectivity index (χ3n) is 2.89. The molecule has 0 fully saturated rings. The molecule has 0 heterocycles. The van der Waals surface area contributed by atoms with E-state index in [2.05, 4.69) is 5.32 Å². The van der Waals surface area contributed by atoms with Crippen LogP contribution in [0.4, 0.5) is 10.1 Å². The van der Waals surface area contributed by atoms with E-state index in [4.69, 9.17) is 0 Å². The van der Waals surface area contributed by atoms with Crippen LogP contribution >= 0.6 is 0 Å². The highest BCUT2D eigenvalue weighted by Crippen LogP contribution is 2.19. The summed E-state index contributed by atoms with van der Waals surface area (Å²) in [4.78, 5) is 0. The van der Waals surface area contributed by atoms with Crippen LogP contribution in [-0.2, 0) is 9.84 Å². The van der Waals surface area contributed by atoms with Crippen LogP contribution in [0.25, 0.3) is 0 Å². The third kappa shape index (κ3) is 3.45. The maximum absolute atomic E-state index is 13.3. The fourth-order valence-corrected chi connectivity index (χ4v) is 2.41. The Morgan fingerprint density at radius 1 is 1.28 bits per heavy atom. The highest BCUT2D eigenvalue weighted by Gasteiger charge is 2.28. The van der Waals surface area contributed by atoms with Crippen molar-refractivity contribution in [1.29, 1.82) is 0 Å². The molecule has 0 unspecified atom stereocenters. The lowest BCUT2D eigenvalue weighted by molar-refractivity contribution is 0.560. The fourth-order valence-electron chi connectivity index (χ4n) is 1.43. The van der Waals surface area contributed by atoms with Crippen molar-refractivity contribution in [3.05, 3.63) is 29.6 Å². The maximum Gasteiger partial charge on any atom is 0.156 e. The van der Waals surface area contributed by atoms with Gasteiger partial charge in [0.1, 0.15) is 5.82 Å². The second-order valence-electron chi connectivity index (χ2n) is 5.27. The fraction of sp³-hybridized carbons (Fsp3) is 0.538. The first-order chi connectivity index (χ1) is 8.15. The summed E-state index contributed by atoms with van der Waals surface area (Å²) in [5.41, 5.74) is 1.14. The molecule has 0 aliphatic heterocycles. The molecule has 0 atom stereocenters. The zero-order chi connectivity index (χ0) is 14.0. The van der Waals surface area contributed by atoms with Crippen LogP contribution in [0.15, 0.2) is 18.2 Å². The van der Waals surface area contributed by atoms with Gasteiger partial charge in [-0.2, -0.15) is 0 Å². The summed E-state index contributed by atoms with van der Waals surface area (Å²) < 4.78 is 36.3. The van der Waals surface area contributed by atoms with Crippen molar-refractivity contribution in [2.45, 2.75) is 32.4 Å². The van der Waals surface area contributed by atoms with E-state index in [1.165, 1.54) is 6.07 Å². The molecule has 0 saturated heterocycles. The van der Waals surface area contributed by atoms with Gasteiger partial charge in [-0.3, -0.25) is 0 Å². The number of anilines is 1. The van der Waals surface area contributed by atoms with Crippen molar-refractivity contribution >= 4 is 15.5 Å². The van der Waals surface area contributed by atoms with Gasteiger partial charge in [-0.15, -0.1) is 0 Å². The lowest BCUT2D eigenvalue weighted by Crippen LogP contribution is -2.32. The summed E-state index contributed by atoms with van der Waals surface area (Å²) in [5, 5.41) is 2.96. The van der Waals surface area contributed by atoms with Gasteiger partial charge in [-0.25, -0.2) is 12.8 Å².